The van der Waals surface area contributed by atoms with E-state index in [2.05, 4.69) is 10.2 Å². The van der Waals surface area contributed by atoms with Crippen molar-refractivity contribution in [3.8, 4) is 5.75 Å². The van der Waals surface area contributed by atoms with Crippen molar-refractivity contribution >= 4 is 39.1 Å². The number of hydrogen-bond acceptors (Lipinski definition) is 6. The van der Waals surface area contributed by atoms with E-state index >= 15 is 0 Å². The molecule has 0 radical (unpaired) electrons. The second-order valence-corrected chi connectivity index (χ2v) is 10.6. The normalized spacial score (nSPS) is 15.9. The molecule has 1 heterocycles. The summed E-state index contributed by atoms with van der Waals surface area (Å²) < 4.78 is 36.9. The molecule has 0 spiro atoms. The Morgan fingerprint density at radius 2 is 1.79 bits per heavy atom. The van der Waals surface area contributed by atoms with Crippen molar-refractivity contribution in [3.05, 3.63) is 57.6 Å². The molecule has 1 amide bonds. The summed E-state index contributed by atoms with van der Waals surface area (Å²) in [6, 6.07) is 10.0. The quantitative estimate of drug-likeness (QED) is 0.581. The Labute approximate surface area is 204 Å². The highest BCUT2D eigenvalue weighted by atomic mass is 35.5. The molecule has 0 saturated carbocycles. The highest BCUT2D eigenvalue weighted by Crippen LogP contribution is 2.30. The average molecular weight is 516 g/mol. The number of morpholine rings is 1. The van der Waals surface area contributed by atoms with Crippen LogP contribution in [-0.2, 0) is 14.8 Å². The topological polar surface area (TPSA) is 88.2 Å². The lowest BCUT2D eigenvalue weighted by molar-refractivity contribution is 0.0162. The number of methoxy groups -OCH3 is 1. The van der Waals surface area contributed by atoms with Crippen molar-refractivity contribution in [2.45, 2.75) is 10.9 Å². The fraction of sp³-hybridized carbons (Fsp3) is 0.409. The number of benzene rings is 2. The Hall–Kier alpha value is -1.88. The summed E-state index contributed by atoms with van der Waals surface area (Å²) >= 11 is 12.4. The molecular weight excluding hydrogens is 489 g/mol. The van der Waals surface area contributed by atoms with Gasteiger partial charge in [-0.3, -0.25) is 9.69 Å². The van der Waals surface area contributed by atoms with Gasteiger partial charge < -0.3 is 14.8 Å². The molecule has 1 fully saturated rings. The third-order valence-electron chi connectivity index (χ3n) is 5.47. The Bertz CT molecular complexity index is 1090. The number of carbonyl (C=O) groups excluding carboxylic acids is 1. The number of sulfonamides is 1. The molecule has 8 nitrogen and oxygen atoms in total. The number of halogens is 2. The lowest BCUT2D eigenvalue weighted by Gasteiger charge is -2.35. The van der Waals surface area contributed by atoms with Crippen LogP contribution in [0.15, 0.2) is 41.3 Å². The first-order chi connectivity index (χ1) is 15.6. The summed E-state index contributed by atoms with van der Waals surface area (Å²) in [5.41, 5.74) is 1.05. The molecule has 0 aliphatic carbocycles. The Morgan fingerprint density at radius 3 is 2.36 bits per heavy atom. The van der Waals surface area contributed by atoms with Crippen LogP contribution in [0.1, 0.15) is 22.0 Å². The first kappa shape index (κ1) is 25.7. The second-order valence-electron chi connectivity index (χ2n) is 7.70. The summed E-state index contributed by atoms with van der Waals surface area (Å²) in [5.74, 6) is 0.254. The fourth-order valence-electron chi connectivity index (χ4n) is 3.56. The van der Waals surface area contributed by atoms with Crippen molar-refractivity contribution in [1.29, 1.82) is 0 Å². The van der Waals surface area contributed by atoms with E-state index in [4.69, 9.17) is 32.7 Å². The zero-order chi connectivity index (χ0) is 24.2. The van der Waals surface area contributed by atoms with E-state index in [0.717, 1.165) is 28.7 Å². The monoisotopic (exact) mass is 515 g/mol. The molecule has 0 unspecified atom stereocenters. The van der Waals surface area contributed by atoms with Crippen molar-refractivity contribution in [3.63, 3.8) is 0 Å². The molecule has 1 aliphatic heterocycles. The molecule has 2 aromatic carbocycles. The predicted octanol–water partition coefficient (Wildman–Crippen LogP) is 3.06. The Kier molecular flexibility index (Phi) is 8.60. The molecule has 0 bridgehead atoms. The second kappa shape index (κ2) is 11.0. The molecule has 1 saturated heterocycles. The van der Waals surface area contributed by atoms with Gasteiger partial charge in [0.15, 0.2) is 0 Å². The Morgan fingerprint density at radius 1 is 1.15 bits per heavy atom. The summed E-state index contributed by atoms with van der Waals surface area (Å²) in [6.45, 7) is 2.95. The summed E-state index contributed by atoms with van der Waals surface area (Å²) in [4.78, 5) is 15.1. The minimum Gasteiger partial charge on any atom is -0.497 e. The fourth-order valence-corrected chi connectivity index (χ4v) is 5.28. The van der Waals surface area contributed by atoms with Gasteiger partial charge in [-0.05, 0) is 29.8 Å². The number of amides is 1. The van der Waals surface area contributed by atoms with Crippen LogP contribution in [0.25, 0.3) is 0 Å². The van der Waals surface area contributed by atoms with Gasteiger partial charge in [0.2, 0.25) is 10.0 Å². The largest absolute Gasteiger partial charge is 0.497 e. The molecule has 0 aromatic heterocycles. The van der Waals surface area contributed by atoms with Gasteiger partial charge in [-0.2, -0.15) is 0 Å². The smallest absolute Gasteiger partial charge is 0.252 e. The summed E-state index contributed by atoms with van der Waals surface area (Å²) in [5, 5.41) is 2.93. The van der Waals surface area contributed by atoms with E-state index in [1.54, 1.807) is 7.11 Å². The molecule has 180 valence electrons. The summed E-state index contributed by atoms with van der Waals surface area (Å²) in [6.07, 6.45) is 0. The van der Waals surface area contributed by atoms with E-state index < -0.39 is 15.9 Å². The lowest BCUT2D eigenvalue weighted by atomic mass is 10.0. The van der Waals surface area contributed by atoms with Crippen LogP contribution in [0.5, 0.6) is 5.75 Å². The highest BCUT2D eigenvalue weighted by Gasteiger charge is 2.26. The highest BCUT2D eigenvalue weighted by molar-refractivity contribution is 7.89. The maximum Gasteiger partial charge on any atom is 0.252 e. The zero-order valence-electron chi connectivity index (χ0n) is 18.7. The van der Waals surface area contributed by atoms with E-state index in [0.29, 0.717) is 19.8 Å². The third kappa shape index (κ3) is 5.98. The number of nitrogens with zero attached hydrogens (tertiary/aromatic N) is 2. The first-order valence-electron chi connectivity index (χ1n) is 10.3. The SMILES string of the molecule is COc1ccc([C@@H](CNC(=O)c2cc(S(=O)(=O)N(C)C)c(Cl)cc2Cl)N2CCOCC2)cc1. The maximum absolute atomic E-state index is 13.0. The number of carbonyl (C=O) groups is 1. The minimum atomic E-state index is -3.85. The maximum atomic E-state index is 13.0. The van der Waals surface area contributed by atoms with Crippen molar-refractivity contribution < 1.29 is 22.7 Å². The van der Waals surface area contributed by atoms with Gasteiger partial charge in [-0.25, -0.2) is 12.7 Å². The Balaban J connectivity index is 1.85. The van der Waals surface area contributed by atoms with Crippen molar-refractivity contribution in [2.75, 3.05) is 54.1 Å². The van der Waals surface area contributed by atoms with Crippen LogP contribution in [-0.4, -0.2) is 77.6 Å². The molecule has 33 heavy (non-hydrogen) atoms. The summed E-state index contributed by atoms with van der Waals surface area (Å²) in [7, 11) is 0.538. The molecule has 1 N–H and O–H groups in total. The lowest BCUT2D eigenvalue weighted by Crippen LogP contribution is -2.43. The van der Waals surface area contributed by atoms with E-state index in [9.17, 15) is 13.2 Å². The standard InChI is InChI=1S/C22H27Cl2N3O5S/c1-26(2)33(29,30)21-12-17(18(23)13-19(21)24)22(28)25-14-20(27-8-10-32-11-9-27)15-4-6-16(31-3)7-5-15/h4-7,12-13,20H,8-11,14H2,1-3H3,(H,25,28)/t20-/m1/s1. The van der Waals surface area contributed by atoms with Crippen LogP contribution in [0, 0.1) is 0 Å². The van der Waals surface area contributed by atoms with Crippen molar-refractivity contribution in [1.82, 2.24) is 14.5 Å². The minimum absolute atomic E-state index is 0.0388. The zero-order valence-corrected chi connectivity index (χ0v) is 21.0. The predicted molar refractivity (Wildman–Crippen MR) is 128 cm³/mol. The number of ether oxygens (including phenoxy) is 2. The molecule has 1 atom stereocenters. The van der Waals surface area contributed by atoms with E-state index in [-0.39, 0.29) is 26.5 Å². The first-order valence-corrected chi connectivity index (χ1v) is 12.5. The molecule has 2 aromatic rings. The average Bonchev–Trinajstić information content (AvgIpc) is 2.80. The van der Waals surface area contributed by atoms with Crippen LogP contribution < -0.4 is 10.1 Å². The van der Waals surface area contributed by atoms with Gasteiger partial charge in [0.25, 0.3) is 5.91 Å². The molecule has 11 heteroatoms. The molecule has 1 aliphatic rings. The molecular formula is C22H27Cl2N3O5S. The van der Waals surface area contributed by atoms with E-state index in [1.165, 1.54) is 26.2 Å². The molecule has 3 rings (SSSR count). The van der Waals surface area contributed by atoms with Gasteiger partial charge in [0.1, 0.15) is 10.6 Å². The number of hydrogen-bond donors (Lipinski definition) is 1. The van der Waals surface area contributed by atoms with Crippen molar-refractivity contribution in [2.24, 2.45) is 0 Å². The van der Waals surface area contributed by atoms with Gasteiger partial charge in [0, 0.05) is 33.7 Å². The van der Waals surface area contributed by atoms with Crippen LogP contribution >= 0.6 is 23.2 Å². The van der Waals surface area contributed by atoms with Gasteiger partial charge in [-0.15, -0.1) is 0 Å². The number of nitrogens with one attached hydrogen (secondary N) is 1. The van der Waals surface area contributed by atoms with Crippen LogP contribution in [0.4, 0.5) is 0 Å². The van der Waals surface area contributed by atoms with Gasteiger partial charge in [-0.1, -0.05) is 35.3 Å². The number of rotatable bonds is 8. The van der Waals surface area contributed by atoms with Gasteiger partial charge >= 0.3 is 0 Å². The van der Waals surface area contributed by atoms with Crippen LogP contribution in [0.3, 0.4) is 0 Å². The third-order valence-corrected chi connectivity index (χ3v) is 8.06. The van der Waals surface area contributed by atoms with Crippen LogP contribution in [0.2, 0.25) is 10.0 Å². The van der Waals surface area contributed by atoms with Gasteiger partial charge in [0.05, 0.1) is 42.0 Å². The van der Waals surface area contributed by atoms with E-state index in [1.807, 2.05) is 24.3 Å².